The number of halogens is 2. The summed E-state index contributed by atoms with van der Waals surface area (Å²) in [7, 11) is 1.78. The van der Waals surface area contributed by atoms with Crippen molar-refractivity contribution in [2.45, 2.75) is 13.5 Å². The molecule has 1 fully saturated rings. The van der Waals surface area contributed by atoms with Crippen LogP contribution in [-0.2, 0) is 11.4 Å². The molecule has 140 valence electrons. The summed E-state index contributed by atoms with van der Waals surface area (Å²) in [5.74, 6) is 0.467. The number of amides is 1. The van der Waals surface area contributed by atoms with E-state index < -0.39 is 0 Å². The molecule has 0 aromatic heterocycles. The lowest BCUT2D eigenvalue weighted by Gasteiger charge is -2.13. The molecule has 1 aliphatic heterocycles. The van der Waals surface area contributed by atoms with Crippen LogP contribution in [0.2, 0.25) is 10.0 Å². The molecule has 7 heteroatoms. The third-order valence-electron chi connectivity index (χ3n) is 4.23. The van der Waals surface area contributed by atoms with E-state index in [4.69, 9.17) is 40.2 Å². The molecule has 0 bridgehead atoms. The Bertz CT molecular complexity index is 913. The molecule has 0 spiro atoms. The van der Waals surface area contributed by atoms with Gasteiger partial charge in [0.2, 0.25) is 0 Å². The summed E-state index contributed by atoms with van der Waals surface area (Å²) in [4.78, 5) is 15.7. The van der Waals surface area contributed by atoms with Crippen molar-refractivity contribution in [3.63, 3.8) is 0 Å². The van der Waals surface area contributed by atoms with E-state index in [1.807, 2.05) is 37.3 Å². The standard InChI is InChI=1S/C20H18Cl2N2O2S/c1-3-24-19(25)17(23(2)20(24)27)11-14-6-9-18(16(22)10-14)26-12-13-4-7-15(21)8-5-13/h4-11H,3,12H2,1-2H3/b17-11-. The van der Waals surface area contributed by atoms with Gasteiger partial charge in [0.25, 0.3) is 5.91 Å². The SMILES string of the molecule is CCN1C(=O)/C(=C/c2ccc(OCc3ccc(Cl)cc3)c(Cl)c2)N(C)C1=S. The Morgan fingerprint density at radius 3 is 2.44 bits per heavy atom. The predicted molar refractivity (Wildman–Crippen MR) is 113 cm³/mol. The normalized spacial score (nSPS) is 15.8. The number of carbonyl (C=O) groups is 1. The van der Waals surface area contributed by atoms with Gasteiger partial charge in [0.05, 0.1) is 5.02 Å². The van der Waals surface area contributed by atoms with Crippen LogP contribution in [-0.4, -0.2) is 34.4 Å². The van der Waals surface area contributed by atoms with Crippen molar-refractivity contribution in [1.82, 2.24) is 9.80 Å². The minimum absolute atomic E-state index is 0.107. The van der Waals surface area contributed by atoms with E-state index in [2.05, 4.69) is 0 Å². The van der Waals surface area contributed by atoms with Crippen molar-refractivity contribution in [3.8, 4) is 5.75 Å². The molecule has 2 aromatic carbocycles. The molecule has 0 N–H and O–H groups in total. The Balaban J connectivity index is 1.75. The quantitative estimate of drug-likeness (QED) is 0.503. The monoisotopic (exact) mass is 420 g/mol. The zero-order chi connectivity index (χ0) is 19.6. The summed E-state index contributed by atoms with van der Waals surface area (Å²) < 4.78 is 5.78. The highest BCUT2D eigenvalue weighted by atomic mass is 35.5. The van der Waals surface area contributed by atoms with Crippen molar-refractivity contribution in [3.05, 3.63) is 69.3 Å². The van der Waals surface area contributed by atoms with E-state index in [9.17, 15) is 4.79 Å². The van der Waals surface area contributed by atoms with Crippen LogP contribution in [0.1, 0.15) is 18.1 Å². The lowest BCUT2D eigenvalue weighted by Crippen LogP contribution is -2.30. The first-order chi connectivity index (χ1) is 12.9. The molecule has 0 saturated carbocycles. The fourth-order valence-electron chi connectivity index (χ4n) is 2.71. The molecule has 1 aliphatic rings. The van der Waals surface area contributed by atoms with Crippen LogP contribution in [0.4, 0.5) is 0 Å². The molecule has 4 nitrogen and oxygen atoms in total. The van der Waals surface area contributed by atoms with E-state index in [1.165, 1.54) is 0 Å². The number of rotatable bonds is 5. The topological polar surface area (TPSA) is 32.8 Å². The first kappa shape index (κ1) is 19.7. The summed E-state index contributed by atoms with van der Waals surface area (Å²) in [5.41, 5.74) is 2.32. The van der Waals surface area contributed by atoms with Gasteiger partial charge in [0.1, 0.15) is 18.1 Å². The third kappa shape index (κ3) is 4.26. The fraction of sp³-hybridized carbons (Fsp3) is 0.200. The summed E-state index contributed by atoms with van der Waals surface area (Å²) >= 11 is 17.5. The summed E-state index contributed by atoms with van der Waals surface area (Å²) in [6.45, 7) is 2.82. The zero-order valence-electron chi connectivity index (χ0n) is 14.9. The van der Waals surface area contributed by atoms with E-state index in [1.54, 1.807) is 35.1 Å². The first-order valence-corrected chi connectivity index (χ1v) is 9.55. The third-order valence-corrected chi connectivity index (χ3v) is 5.27. The van der Waals surface area contributed by atoms with Crippen LogP contribution in [0.5, 0.6) is 5.75 Å². The Morgan fingerprint density at radius 1 is 1.15 bits per heavy atom. The van der Waals surface area contributed by atoms with Crippen molar-refractivity contribution >= 4 is 52.5 Å². The summed E-state index contributed by atoms with van der Waals surface area (Å²) in [5, 5.41) is 1.66. The minimum atomic E-state index is -0.107. The Kier molecular flexibility index (Phi) is 6.05. The van der Waals surface area contributed by atoms with Gasteiger partial charge in [-0.1, -0.05) is 41.4 Å². The van der Waals surface area contributed by atoms with Gasteiger partial charge in [-0.05, 0) is 60.6 Å². The second kappa shape index (κ2) is 8.30. The van der Waals surface area contributed by atoms with Gasteiger partial charge in [0, 0.05) is 18.6 Å². The maximum Gasteiger partial charge on any atom is 0.276 e. The van der Waals surface area contributed by atoms with Crippen molar-refractivity contribution in [2.75, 3.05) is 13.6 Å². The number of likely N-dealkylation sites (N-methyl/N-ethyl adjacent to an activating group) is 2. The molecule has 1 amide bonds. The highest BCUT2D eigenvalue weighted by molar-refractivity contribution is 7.80. The minimum Gasteiger partial charge on any atom is -0.487 e. The van der Waals surface area contributed by atoms with E-state index in [0.29, 0.717) is 39.8 Å². The van der Waals surface area contributed by atoms with Crippen molar-refractivity contribution < 1.29 is 9.53 Å². The highest BCUT2D eigenvalue weighted by Crippen LogP contribution is 2.29. The molecular formula is C20H18Cl2N2O2S. The molecular weight excluding hydrogens is 403 g/mol. The number of ether oxygens (including phenoxy) is 1. The second-order valence-corrected chi connectivity index (χ2v) is 7.23. The molecule has 1 heterocycles. The van der Waals surface area contributed by atoms with Crippen molar-refractivity contribution in [1.29, 1.82) is 0 Å². The molecule has 0 atom stereocenters. The van der Waals surface area contributed by atoms with Crippen LogP contribution < -0.4 is 4.74 Å². The summed E-state index contributed by atoms with van der Waals surface area (Å²) in [6, 6.07) is 12.9. The number of hydrogen-bond acceptors (Lipinski definition) is 3. The largest absolute Gasteiger partial charge is 0.487 e. The number of nitrogens with zero attached hydrogens (tertiary/aromatic N) is 2. The van der Waals surface area contributed by atoms with Gasteiger partial charge in [-0.2, -0.15) is 0 Å². The van der Waals surface area contributed by atoms with E-state index in [0.717, 1.165) is 11.1 Å². The van der Waals surface area contributed by atoms with Gasteiger partial charge in [-0.15, -0.1) is 0 Å². The highest BCUT2D eigenvalue weighted by Gasteiger charge is 2.34. The number of hydrogen-bond donors (Lipinski definition) is 0. The van der Waals surface area contributed by atoms with Crippen molar-refractivity contribution in [2.24, 2.45) is 0 Å². The van der Waals surface area contributed by atoms with E-state index >= 15 is 0 Å². The maximum absolute atomic E-state index is 12.5. The van der Waals surface area contributed by atoms with Crippen LogP contribution in [0.15, 0.2) is 48.2 Å². The molecule has 0 aliphatic carbocycles. The molecule has 0 radical (unpaired) electrons. The molecule has 27 heavy (non-hydrogen) atoms. The van der Waals surface area contributed by atoms with Gasteiger partial charge >= 0.3 is 0 Å². The predicted octanol–water partition coefficient (Wildman–Crippen LogP) is 4.99. The van der Waals surface area contributed by atoms with Crippen LogP contribution in [0, 0.1) is 0 Å². The maximum atomic E-state index is 12.5. The molecule has 2 aromatic rings. The van der Waals surface area contributed by atoms with Crippen LogP contribution in [0.3, 0.4) is 0 Å². The van der Waals surface area contributed by atoms with Gasteiger partial charge in [-0.3, -0.25) is 9.69 Å². The smallest absolute Gasteiger partial charge is 0.276 e. The van der Waals surface area contributed by atoms with Gasteiger partial charge in [-0.25, -0.2) is 0 Å². The Morgan fingerprint density at radius 2 is 1.85 bits per heavy atom. The number of benzene rings is 2. The van der Waals surface area contributed by atoms with Crippen LogP contribution in [0.25, 0.3) is 6.08 Å². The average Bonchev–Trinajstić information content (AvgIpc) is 2.85. The Hall–Kier alpha value is -2.08. The number of thiocarbonyl (C=S) groups is 1. The average molecular weight is 421 g/mol. The number of carbonyl (C=O) groups excluding carboxylic acids is 1. The van der Waals surface area contributed by atoms with Gasteiger partial charge in [0.15, 0.2) is 5.11 Å². The van der Waals surface area contributed by atoms with Crippen LogP contribution >= 0.6 is 35.4 Å². The second-order valence-electron chi connectivity index (χ2n) is 6.03. The Labute approximate surface area is 173 Å². The molecule has 3 rings (SSSR count). The zero-order valence-corrected chi connectivity index (χ0v) is 17.2. The van der Waals surface area contributed by atoms with E-state index in [-0.39, 0.29) is 5.91 Å². The fourth-order valence-corrected chi connectivity index (χ4v) is 3.39. The first-order valence-electron chi connectivity index (χ1n) is 8.38. The lowest BCUT2D eigenvalue weighted by molar-refractivity contribution is -0.122. The lowest BCUT2D eigenvalue weighted by atomic mass is 10.1. The van der Waals surface area contributed by atoms with Gasteiger partial charge < -0.3 is 9.64 Å². The summed E-state index contributed by atoms with van der Waals surface area (Å²) in [6.07, 6.45) is 1.78. The molecule has 0 unspecified atom stereocenters. The molecule has 1 saturated heterocycles.